The Morgan fingerprint density at radius 1 is 0.312 bits per heavy atom. The average molecular weight is 830 g/mol. The Bertz CT molecular complexity index is 3350. The van der Waals surface area contributed by atoms with Crippen LogP contribution in [0.5, 0.6) is 11.5 Å². The van der Waals surface area contributed by atoms with Crippen LogP contribution in [0.3, 0.4) is 0 Å². The summed E-state index contributed by atoms with van der Waals surface area (Å²) in [6, 6.07) is 88.4. The van der Waals surface area contributed by atoms with Crippen molar-refractivity contribution in [2.24, 2.45) is 0 Å². The number of benzene rings is 10. The van der Waals surface area contributed by atoms with Gasteiger partial charge in [-0.3, -0.25) is 0 Å². The van der Waals surface area contributed by atoms with Gasteiger partial charge in [-0.25, -0.2) is 0 Å². The standard InChI is InChI=1S/C61H39NOSi/c1-3-17-40(18-4-1)42-31-35-53-51(37-42)61(49-24-10-12-26-55(49)63-56-27-13-11-25-50(56)61)52-38-43(41-19-5-2-6-20-41)32-36-54(52)62(53)44-33-34-48-47-23-9-16-30-59(47)64(60(48)39-44)57-28-14-7-21-45(57)46-22-8-15-29-58(46)64/h1-39H. The van der Waals surface area contributed by atoms with E-state index in [1.807, 2.05) is 0 Å². The first-order chi connectivity index (χ1) is 31.7. The summed E-state index contributed by atoms with van der Waals surface area (Å²) >= 11 is 0. The first kappa shape index (κ1) is 35.6. The van der Waals surface area contributed by atoms with Gasteiger partial charge < -0.3 is 9.64 Å². The molecule has 0 unspecified atom stereocenters. The summed E-state index contributed by atoms with van der Waals surface area (Å²) in [5.74, 6) is 1.76. The summed E-state index contributed by atoms with van der Waals surface area (Å²) in [5, 5.41) is 5.89. The van der Waals surface area contributed by atoms with E-state index in [1.54, 1.807) is 0 Å². The predicted octanol–water partition coefficient (Wildman–Crippen LogP) is 12.6. The number of anilines is 3. The molecular formula is C61H39NOSi. The van der Waals surface area contributed by atoms with E-state index in [4.69, 9.17) is 4.74 Å². The highest BCUT2D eigenvalue weighted by Crippen LogP contribution is 2.63. The third-order valence-corrected chi connectivity index (χ3v) is 19.5. The molecule has 3 heteroatoms. The normalized spacial score (nSPS) is 14.6. The largest absolute Gasteiger partial charge is 0.457 e. The molecule has 2 spiro atoms. The summed E-state index contributed by atoms with van der Waals surface area (Å²) in [6.45, 7) is 0. The topological polar surface area (TPSA) is 12.5 Å². The Morgan fingerprint density at radius 2 is 0.734 bits per heavy atom. The molecule has 14 rings (SSSR count). The molecule has 0 fully saturated rings. The maximum absolute atomic E-state index is 6.86. The second-order valence-electron chi connectivity index (χ2n) is 17.5. The lowest BCUT2D eigenvalue weighted by Crippen LogP contribution is -2.70. The number of fused-ring (bicyclic) bond motifs is 18. The summed E-state index contributed by atoms with van der Waals surface area (Å²) < 4.78 is 6.86. The highest BCUT2D eigenvalue weighted by atomic mass is 28.3. The minimum absolute atomic E-state index is 0.714. The monoisotopic (exact) mass is 829 g/mol. The highest BCUT2D eigenvalue weighted by Gasteiger charge is 2.55. The molecule has 298 valence electrons. The van der Waals surface area contributed by atoms with Gasteiger partial charge in [0.1, 0.15) is 11.5 Å². The molecule has 0 saturated heterocycles. The fraction of sp³-hybridized carbons (Fsp3) is 0.0164. The number of para-hydroxylation sites is 2. The molecule has 64 heavy (non-hydrogen) atoms. The molecule has 0 N–H and O–H groups in total. The van der Waals surface area contributed by atoms with Crippen molar-refractivity contribution >= 4 is 45.9 Å². The molecule has 0 atom stereocenters. The maximum Gasteiger partial charge on any atom is 0.182 e. The minimum atomic E-state index is -2.71. The van der Waals surface area contributed by atoms with Crippen LogP contribution >= 0.6 is 0 Å². The van der Waals surface area contributed by atoms with Gasteiger partial charge in [0.2, 0.25) is 0 Å². The molecule has 4 heterocycles. The fourth-order valence-corrected chi connectivity index (χ4v) is 17.7. The number of hydrogen-bond acceptors (Lipinski definition) is 2. The van der Waals surface area contributed by atoms with Crippen LogP contribution in [0.25, 0.3) is 44.5 Å². The number of nitrogens with zero attached hydrogens (tertiary/aromatic N) is 1. The van der Waals surface area contributed by atoms with Crippen LogP contribution in [0.1, 0.15) is 22.3 Å². The van der Waals surface area contributed by atoms with Crippen LogP contribution in [0, 0.1) is 0 Å². The van der Waals surface area contributed by atoms with Crippen LogP contribution in [0.2, 0.25) is 0 Å². The van der Waals surface area contributed by atoms with E-state index in [0.717, 1.165) is 39.7 Å². The van der Waals surface area contributed by atoms with Crippen molar-refractivity contribution < 1.29 is 4.74 Å². The highest BCUT2D eigenvalue weighted by molar-refractivity contribution is 7.24. The Labute approximate surface area is 374 Å². The minimum Gasteiger partial charge on any atom is -0.457 e. The summed E-state index contributed by atoms with van der Waals surface area (Å²) in [4.78, 5) is 2.57. The van der Waals surface area contributed by atoms with Crippen LogP contribution in [0.15, 0.2) is 237 Å². The Balaban J connectivity index is 1.11. The summed E-state index contributed by atoms with van der Waals surface area (Å²) in [7, 11) is -2.71. The maximum atomic E-state index is 6.86. The van der Waals surface area contributed by atoms with Gasteiger partial charge in [-0.15, -0.1) is 0 Å². The van der Waals surface area contributed by atoms with E-state index in [1.165, 1.54) is 76.4 Å². The van der Waals surface area contributed by atoms with Gasteiger partial charge in [-0.05, 0) is 125 Å². The third-order valence-electron chi connectivity index (χ3n) is 14.5. The fourth-order valence-electron chi connectivity index (χ4n) is 12.0. The molecule has 10 aromatic carbocycles. The molecule has 4 aliphatic rings. The molecule has 0 amide bonds. The van der Waals surface area contributed by atoms with Crippen LogP contribution < -0.4 is 30.4 Å². The molecular weight excluding hydrogens is 791 g/mol. The van der Waals surface area contributed by atoms with Crippen molar-refractivity contribution in [3.05, 3.63) is 259 Å². The molecule has 0 saturated carbocycles. The SMILES string of the molecule is c1ccc(-c2ccc3c(c2)C2(c4ccccc4Oc4ccccc42)c2cc(-c4ccccc4)ccc2N3c2ccc3c(c2)[Si]2(c4ccccc4-c4ccccc42)c2ccccc2-3)cc1. The predicted molar refractivity (Wildman–Crippen MR) is 266 cm³/mol. The molecule has 0 radical (unpaired) electrons. The molecule has 0 aromatic heterocycles. The van der Waals surface area contributed by atoms with Crippen LogP contribution in [-0.2, 0) is 5.41 Å². The molecule has 4 aliphatic heterocycles. The van der Waals surface area contributed by atoms with Gasteiger partial charge in [0, 0.05) is 16.8 Å². The zero-order chi connectivity index (χ0) is 42.0. The quantitative estimate of drug-likeness (QED) is 0.165. The molecule has 2 nitrogen and oxygen atoms in total. The van der Waals surface area contributed by atoms with Gasteiger partial charge in [0.05, 0.1) is 16.8 Å². The van der Waals surface area contributed by atoms with Gasteiger partial charge >= 0.3 is 0 Å². The van der Waals surface area contributed by atoms with E-state index in [2.05, 4.69) is 241 Å². The molecule has 0 aliphatic carbocycles. The lowest BCUT2D eigenvalue weighted by Gasteiger charge is -2.49. The van der Waals surface area contributed by atoms with E-state index < -0.39 is 13.5 Å². The van der Waals surface area contributed by atoms with Crippen LogP contribution in [0.4, 0.5) is 17.1 Å². The number of rotatable bonds is 3. The van der Waals surface area contributed by atoms with Crippen molar-refractivity contribution in [3.8, 4) is 56.0 Å². The van der Waals surface area contributed by atoms with Gasteiger partial charge in [-0.1, -0.05) is 188 Å². The number of hydrogen-bond donors (Lipinski definition) is 0. The lowest BCUT2D eigenvalue weighted by molar-refractivity contribution is 0.434. The summed E-state index contributed by atoms with van der Waals surface area (Å²) in [5.41, 5.74) is 17.7. The van der Waals surface area contributed by atoms with E-state index in [9.17, 15) is 0 Å². The van der Waals surface area contributed by atoms with Gasteiger partial charge in [0.25, 0.3) is 0 Å². The lowest BCUT2D eigenvalue weighted by atomic mass is 9.60. The molecule has 0 bridgehead atoms. The van der Waals surface area contributed by atoms with Gasteiger partial charge in [-0.2, -0.15) is 0 Å². The van der Waals surface area contributed by atoms with Crippen molar-refractivity contribution in [2.75, 3.05) is 4.90 Å². The van der Waals surface area contributed by atoms with Crippen molar-refractivity contribution in [2.45, 2.75) is 5.41 Å². The summed E-state index contributed by atoms with van der Waals surface area (Å²) in [6.07, 6.45) is 0. The first-order valence-electron chi connectivity index (χ1n) is 22.3. The number of ether oxygens (including phenoxy) is 1. The second kappa shape index (κ2) is 13.3. The zero-order valence-electron chi connectivity index (χ0n) is 34.9. The first-order valence-corrected chi connectivity index (χ1v) is 24.3. The zero-order valence-corrected chi connectivity index (χ0v) is 35.9. The Hall–Kier alpha value is -7.98. The second-order valence-corrected chi connectivity index (χ2v) is 21.1. The molecule has 10 aromatic rings. The van der Waals surface area contributed by atoms with Gasteiger partial charge in [0.15, 0.2) is 8.07 Å². The van der Waals surface area contributed by atoms with E-state index >= 15 is 0 Å². The third kappa shape index (κ3) is 4.58. The Morgan fingerprint density at radius 3 is 1.23 bits per heavy atom. The van der Waals surface area contributed by atoms with E-state index in [-0.39, 0.29) is 0 Å². The smallest absolute Gasteiger partial charge is 0.182 e. The van der Waals surface area contributed by atoms with Crippen molar-refractivity contribution in [3.63, 3.8) is 0 Å². The van der Waals surface area contributed by atoms with Crippen LogP contribution in [-0.4, -0.2) is 8.07 Å². The van der Waals surface area contributed by atoms with Crippen molar-refractivity contribution in [1.82, 2.24) is 0 Å². The Kier molecular flexibility index (Phi) is 7.38. The van der Waals surface area contributed by atoms with E-state index in [0.29, 0.717) is 0 Å². The average Bonchev–Trinajstić information content (AvgIpc) is 3.84. The van der Waals surface area contributed by atoms with Crippen molar-refractivity contribution in [1.29, 1.82) is 0 Å².